The first-order chi connectivity index (χ1) is 8.77. The van der Waals surface area contributed by atoms with Crippen molar-refractivity contribution in [2.24, 2.45) is 11.8 Å². The molecular weight excluding hydrogens is 226 g/mol. The Hall–Kier alpha value is -0.830. The number of hydrogen-bond donors (Lipinski definition) is 2. The maximum Gasteiger partial charge on any atom is 0.223 e. The Kier molecular flexibility index (Phi) is 5.24. The molecule has 0 aromatic carbocycles. The average molecular weight is 251 g/mol. The second-order valence-electron chi connectivity index (χ2n) is 5.69. The minimum atomic E-state index is -0.353. The van der Waals surface area contributed by atoms with E-state index < -0.39 is 0 Å². The molecule has 2 aliphatic carbocycles. The maximum absolute atomic E-state index is 11.9. The molecule has 1 fully saturated rings. The molecular formula is C15H25NO2. The van der Waals surface area contributed by atoms with Crippen LogP contribution in [0.1, 0.15) is 51.4 Å². The Labute approximate surface area is 110 Å². The highest BCUT2D eigenvalue weighted by Crippen LogP contribution is 2.26. The van der Waals surface area contributed by atoms with Gasteiger partial charge in [0.15, 0.2) is 0 Å². The van der Waals surface area contributed by atoms with Gasteiger partial charge in [-0.25, -0.2) is 0 Å². The van der Waals surface area contributed by atoms with Crippen LogP contribution in [0, 0.1) is 11.8 Å². The van der Waals surface area contributed by atoms with Gasteiger partial charge in [0, 0.05) is 12.5 Å². The van der Waals surface area contributed by atoms with Gasteiger partial charge in [0.05, 0.1) is 6.10 Å². The molecule has 0 aromatic heterocycles. The van der Waals surface area contributed by atoms with Crippen molar-refractivity contribution >= 4 is 5.91 Å². The van der Waals surface area contributed by atoms with Crippen molar-refractivity contribution in [2.75, 3.05) is 6.54 Å². The van der Waals surface area contributed by atoms with Crippen molar-refractivity contribution < 1.29 is 9.90 Å². The third-order valence-electron chi connectivity index (χ3n) is 4.32. The molecule has 18 heavy (non-hydrogen) atoms. The Morgan fingerprint density at radius 1 is 1.22 bits per heavy atom. The molecule has 102 valence electrons. The standard InChI is InChI=1S/C15H25NO2/c17-14(12-7-3-1-4-8-12)11-16-15(18)13-9-5-2-6-10-13/h2,5,12-14,17H,1,3-4,6-11H2,(H,16,18)/t13-,14+/m0/s1. The van der Waals surface area contributed by atoms with Crippen LogP contribution < -0.4 is 5.32 Å². The predicted octanol–water partition coefficient (Wildman–Crippen LogP) is 2.40. The number of carbonyl (C=O) groups excluding carboxylic acids is 1. The first-order valence-electron chi connectivity index (χ1n) is 7.38. The predicted molar refractivity (Wildman–Crippen MR) is 72.1 cm³/mol. The van der Waals surface area contributed by atoms with Crippen LogP contribution >= 0.6 is 0 Å². The number of aliphatic hydroxyl groups excluding tert-OH is 1. The third kappa shape index (κ3) is 3.84. The average Bonchev–Trinajstić information content (AvgIpc) is 2.46. The van der Waals surface area contributed by atoms with E-state index in [1.165, 1.54) is 19.3 Å². The zero-order valence-electron chi connectivity index (χ0n) is 11.1. The van der Waals surface area contributed by atoms with Crippen LogP contribution in [0.3, 0.4) is 0 Å². The smallest absolute Gasteiger partial charge is 0.223 e. The number of hydrogen-bond acceptors (Lipinski definition) is 2. The first kappa shape index (κ1) is 13.6. The van der Waals surface area contributed by atoms with E-state index in [-0.39, 0.29) is 17.9 Å². The molecule has 1 amide bonds. The highest BCUT2D eigenvalue weighted by molar-refractivity contribution is 5.78. The van der Waals surface area contributed by atoms with Gasteiger partial charge in [-0.15, -0.1) is 0 Å². The van der Waals surface area contributed by atoms with Gasteiger partial charge in [-0.3, -0.25) is 4.79 Å². The van der Waals surface area contributed by atoms with Crippen LogP contribution in [0.25, 0.3) is 0 Å². The summed E-state index contributed by atoms with van der Waals surface area (Å²) in [7, 11) is 0. The van der Waals surface area contributed by atoms with Gasteiger partial charge < -0.3 is 10.4 Å². The van der Waals surface area contributed by atoms with Crippen LogP contribution in [-0.2, 0) is 4.79 Å². The van der Waals surface area contributed by atoms with Crippen molar-refractivity contribution in [1.29, 1.82) is 0 Å². The topological polar surface area (TPSA) is 49.3 Å². The number of aliphatic hydroxyl groups is 1. The second-order valence-corrected chi connectivity index (χ2v) is 5.69. The Morgan fingerprint density at radius 2 is 2.00 bits per heavy atom. The summed E-state index contributed by atoms with van der Waals surface area (Å²) >= 11 is 0. The minimum absolute atomic E-state index is 0.119. The number of carbonyl (C=O) groups is 1. The van der Waals surface area contributed by atoms with E-state index in [4.69, 9.17) is 0 Å². The largest absolute Gasteiger partial charge is 0.391 e. The lowest BCUT2D eigenvalue weighted by Crippen LogP contribution is -2.39. The molecule has 0 aromatic rings. The second kappa shape index (κ2) is 6.93. The normalized spacial score (nSPS) is 26.8. The number of nitrogens with one attached hydrogen (secondary N) is 1. The third-order valence-corrected chi connectivity index (χ3v) is 4.32. The van der Waals surface area contributed by atoms with E-state index in [1.54, 1.807) is 0 Å². The Bertz CT molecular complexity index is 295. The molecule has 0 aliphatic heterocycles. The molecule has 2 N–H and O–H groups in total. The van der Waals surface area contributed by atoms with Gasteiger partial charge in [0.25, 0.3) is 0 Å². The minimum Gasteiger partial charge on any atom is -0.391 e. The molecule has 0 unspecified atom stereocenters. The van der Waals surface area contributed by atoms with Gasteiger partial charge in [-0.2, -0.15) is 0 Å². The van der Waals surface area contributed by atoms with Crippen molar-refractivity contribution in [3.8, 4) is 0 Å². The molecule has 2 aliphatic rings. The fraction of sp³-hybridized carbons (Fsp3) is 0.800. The number of allylic oxidation sites excluding steroid dienone is 2. The molecule has 0 bridgehead atoms. The van der Waals surface area contributed by atoms with Gasteiger partial charge in [-0.05, 0) is 38.0 Å². The van der Waals surface area contributed by atoms with Crippen LogP contribution in [0.2, 0.25) is 0 Å². The zero-order chi connectivity index (χ0) is 12.8. The molecule has 2 atom stereocenters. The molecule has 3 nitrogen and oxygen atoms in total. The van der Waals surface area contributed by atoms with Crippen molar-refractivity contribution in [2.45, 2.75) is 57.5 Å². The van der Waals surface area contributed by atoms with Crippen LogP contribution in [0.15, 0.2) is 12.2 Å². The van der Waals surface area contributed by atoms with E-state index in [0.29, 0.717) is 12.5 Å². The Balaban J connectivity index is 1.69. The lowest BCUT2D eigenvalue weighted by Gasteiger charge is -2.27. The van der Waals surface area contributed by atoms with Gasteiger partial charge >= 0.3 is 0 Å². The summed E-state index contributed by atoms with van der Waals surface area (Å²) < 4.78 is 0. The maximum atomic E-state index is 11.9. The monoisotopic (exact) mass is 251 g/mol. The van der Waals surface area contributed by atoms with Gasteiger partial charge in [0.2, 0.25) is 5.91 Å². The molecule has 2 rings (SSSR count). The van der Waals surface area contributed by atoms with Crippen LogP contribution in [0.5, 0.6) is 0 Å². The summed E-state index contributed by atoms with van der Waals surface area (Å²) in [6.07, 6.45) is 12.7. The van der Waals surface area contributed by atoms with Crippen LogP contribution in [0.4, 0.5) is 0 Å². The molecule has 1 saturated carbocycles. The van der Waals surface area contributed by atoms with Gasteiger partial charge in [0.1, 0.15) is 0 Å². The summed E-state index contributed by atoms with van der Waals surface area (Å²) in [6, 6.07) is 0. The molecule has 0 spiro atoms. The fourth-order valence-electron chi connectivity index (χ4n) is 3.07. The first-order valence-corrected chi connectivity index (χ1v) is 7.38. The Morgan fingerprint density at radius 3 is 2.67 bits per heavy atom. The summed E-state index contributed by atoms with van der Waals surface area (Å²) in [6.45, 7) is 0.434. The van der Waals surface area contributed by atoms with Crippen molar-refractivity contribution in [3.63, 3.8) is 0 Å². The highest BCUT2D eigenvalue weighted by atomic mass is 16.3. The lowest BCUT2D eigenvalue weighted by molar-refractivity contribution is -0.125. The number of rotatable bonds is 4. The molecule has 0 saturated heterocycles. The van der Waals surface area contributed by atoms with Crippen molar-refractivity contribution in [1.82, 2.24) is 5.32 Å². The fourth-order valence-corrected chi connectivity index (χ4v) is 3.07. The van der Waals surface area contributed by atoms with E-state index in [9.17, 15) is 9.90 Å². The van der Waals surface area contributed by atoms with Crippen molar-refractivity contribution in [3.05, 3.63) is 12.2 Å². The SMILES string of the molecule is O=C(NC[C@@H](O)C1CCCCC1)[C@H]1CC=CCC1. The van der Waals surface area contributed by atoms with Gasteiger partial charge in [-0.1, -0.05) is 31.4 Å². The van der Waals surface area contributed by atoms with E-state index in [2.05, 4.69) is 17.5 Å². The van der Waals surface area contributed by atoms with E-state index >= 15 is 0 Å². The van der Waals surface area contributed by atoms with E-state index in [0.717, 1.165) is 32.1 Å². The number of amides is 1. The van der Waals surface area contributed by atoms with Crippen LogP contribution in [-0.4, -0.2) is 23.7 Å². The summed E-state index contributed by atoms with van der Waals surface area (Å²) in [5.41, 5.74) is 0. The molecule has 3 heteroatoms. The quantitative estimate of drug-likeness (QED) is 0.754. The lowest BCUT2D eigenvalue weighted by atomic mass is 9.85. The summed E-state index contributed by atoms with van der Waals surface area (Å²) in [4.78, 5) is 11.9. The summed E-state index contributed by atoms with van der Waals surface area (Å²) in [5.74, 6) is 0.632. The summed E-state index contributed by atoms with van der Waals surface area (Å²) in [5, 5.41) is 13.0. The molecule has 0 radical (unpaired) electrons. The molecule has 0 heterocycles. The highest BCUT2D eigenvalue weighted by Gasteiger charge is 2.24. The zero-order valence-corrected chi connectivity index (χ0v) is 11.1. The van der Waals surface area contributed by atoms with E-state index in [1.807, 2.05) is 0 Å².